The van der Waals surface area contributed by atoms with Crippen LogP contribution in [-0.4, -0.2) is 10.7 Å². The van der Waals surface area contributed by atoms with Crippen molar-refractivity contribution in [3.63, 3.8) is 0 Å². The third-order valence-electron chi connectivity index (χ3n) is 9.41. The molecule has 124 valence electrons. The molecule has 1 N–H and O–H groups in total. The number of hydrogen-bond donors (Lipinski definition) is 1. The molecule has 4 aliphatic rings. The molecule has 0 aliphatic heterocycles. The average Bonchev–Trinajstić information content (AvgIpc) is 3.05. The zero-order chi connectivity index (χ0) is 16.2. The van der Waals surface area contributed by atoms with Gasteiger partial charge in [-0.1, -0.05) is 47.1 Å². The summed E-state index contributed by atoms with van der Waals surface area (Å²) in [5, 5.41) is 11.4. The molecular weight excluding hydrogens is 268 g/mol. The van der Waals surface area contributed by atoms with Crippen molar-refractivity contribution in [3.05, 3.63) is 11.1 Å². The Labute approximate surface area is 136 Å². The Kier molecular flexibility index (Phi) is 2.79. The van der Waals surface area contributed by atoms with Gasteiger partial charge in [0.2, 0.25) is 0 Å². The largest absolute Gasteiger partial charge is 0.385 e. The van der Waals surface area contributed by atoms with Crippen LogP contribution in [0.1, 0.15) is 67.7 Å². The molecule has 4 rings (SSSR count). The molecule has 0 heterocycles. The van der Waals surface area contributed by atoms with E-state index in [2.05, 4.69) is 48.5 Å². The molecule has 22 heavy (non-hydrogen) atoms. The van der Waals surface area contributed by atoms with Gasteiger partial charge in [-0.2, -0.15) is 0 Å². The minimum Gasteiger partial charge on any atom is -0.385 e. The Bertz CT molecular complexity index is 546. The molecule has 4 aliphatic carbocycles. The molecule has 1 heteroatoms. The van der Waals surface area contributed by atoms with E-state index in [1.54, 1.807) is 5.57 Å². The van der Waals surface area contributed by atoms with E-state index < -0.39 is 5.60 Å². The van der Waals surface area contributed by atoms with E-state index in [-0.39, 0.29) is 0 Å². The number of aliphatic hydroxyl groups is 1. The monoisotopic (exact) mass is 302 g/mol. The Morgan fingerprint density at radius 3 is 2.05 bits per heavy atom. The molecule has 4 saturated carbocycles. The Balaban J connectivity index is 1.81. The summed E-state index contributed by atoms with van der Waals surface area (Å²) in [7, 11) is 0. The molecule has 7 atom stereocenters. The fourth-order valence-corrected chi connectivity index (χ4v) is 7.13. The van der Waals surface area contributed by atoms with Crippen LogP contribution in [0.25, 0.3) is 0 Å². The van der Waals surface area contributed by atoms with Gasteiger partial charge in [0, 0.05) is 0 Å². The first kappa shape index (κ1) is 15.2. The fourth-order valence-electron chi connectivity index (χ4n) is 7.13. The second-order valence-electron chi connectivity index (χ2n) is 10.4. The Hall–Kier alpha value is -0.300. The minimum absolute atomic E-state index is 0.357. The molecule has 0 radical (unpaired) electrons. The third kappa shape index (κ3) is 1.50. The number of allylic oxidation sites excluding steroid dienone is 1. The SMILES string of the molecule is C[C@@H]1[C@@H]2C[C@@H](C/C2=C2/[C@H]3C[C@H]([C@H](C)C3(C)C)[C@]2(C)O)C1(C)C. The summed E-state index contributed by atoms with van der Waals surface area (Å²) in [4.78, 5) is 0. The maximum Gasteiger partial charge on any atom is 0.0865 e. The highest BCUT2D eigenvalue weighted by Crippen LogP contribution is 2.70. The van der Waals surface area contributed by atoms with Crippen LogP contribution >= 0.6 is 0 Å². The van der Waals surface area contributed by atoms with Gasteiger partial charge in [0.05, 0.1) is 5.60 Å². The van der Waals surface area contributed by atoms with Crippen LogP contribution in [0.2, 0.25) is 0 Å². The Morgan fingerprint density at radius 1 is 0.909 bits per heavy atom. The molecule has 0 aromatic heterocycles. The van der Waals surface area contributed by atoms with E-state index in [9.17, 15) is 5.11 Å². The van der Waals surface area contributed by atoms with Gasteiger partial charge in [-0.25, -0.2) is 0 Å². The Morgan fingerprint density at radius 2 is 1.55 bits per heavy atom. The van der Waals surface area contributed by atoms with Crippen molar-refractivity contribution in [2.24, 2.45) is 46.3 Å². The van der Waals surface area contributed by atoms with Crippen molar-refractivity contribution in [1.82, 2.24) is 0 Å². The first-order chi connectivity index (χ1) is 10.0. The molecule has 4 fully saturated rings. The zero-order valence-electron chi connectivity index (χ0n) is 15.5. The van der Waals surface area contributed by atoms with Gasteiger partial charge in [0.1, 0.15) is 0 Å². The lowest BCUT2D eigenvalue weighted by molar-refractivity contribution is -0.0129. The smallest absolute Gasteiger partial charge is 0.0865 e. The lowest BCUT2D eigenvalue weighted by Crippen LogP contribution is -2.46. The maximum atomic E-state index is 11.4. The van der Waals surface area contributed by atoms with E-state index in [1.807, 2.05) is 0 Å². The topological polar surface area (TPSA) is 20.2 Å². The summed E-state index contributed by atoms with van der Waals surface area (Å²) < 4.78 is 0. The molecule has 0 aromatic carbocycles. The molecule has 0 spiro atoms. The van der Waals surface area contributed by atoms with Crippen molar-refractivity contribution in [2.45, 2.75) is 73.3 Å². The normalized spacial score (nSPS) is 57.8. The summed E-state index contributed by atoms with van der Waals surface area (Å²) in [6.07, 6.45) is 3.85. The van der Waals surface area contributed by atoms with Gasteiger partial charge in [0.25, 0.3) is 0 Å². The predicted molar refractivity (Wildman–Crippen MR) is 91.4 cm³/mol. The standard InChI is InChI=1S/C21H34O/c1-11-14-8-13(19(11,3)4)9-15(14)18-17-10-16(21(18,7)22)12(2)20(17,5)6/h11-14,16-17,22H,8-10H2,1-7H3/b18-15+/t11-,12+,13+,14+,16-,17-,21+/m1/s1. The third-order valence-corrected chi connectivity index (χ3v) is 9.41. The highest BCUT2D eigenvalue weighted by atomic mass is 16.3. The molecule has 1 nitrogen and oxygen atoms in total. The van der Waals surface area contributed by atoms with Crippen molar-refractivity contribution >= 4 is 0 Å². The molecular formula is C21H34O. The lowest BCUT2D eigenvalue weighted by atomic mass is 9.59. The molecule has 0 saturated heterocycles. The number of rotatable bonds is 0. The van der Waals surface area contributed by atoms with Crippen molar-refractivity contribution < 1.29 is 5.11 Å². The maximum absolute atomic E-state index is 11.4. The average molecular weight is 303 g/mol. The summed E-state index contributed by atoms with van der Waals surface area (Å²) in [6.45, 7) is 16.8. The summed E-state index contributed by atoms with van der Waals surface area (Å²) in [5.41, 5.74) is 3.49. The van der Waals surface area contributed by atoms with Crippen molar-refractivity contribution in [3.8, 4) is 0 Å². The van der Waals surface area contributed by atoms with Crippen LogP contribution in [0, 0.1) is 46.3 Å². The van der Waals surface area contributed by atoms with E-state index in [4.69, 9.17) is 0 Å². The van der Waals surface area contributed by atoms with Crippen LogP contribution in [-0.2, 0) is 0 Å². The fraction of sp³-hybridized carbons (Fsp3) is 0.905. The number of fused-ring (bicyclic) bond motifs is 4. The van der Waals surface area contributed by atoms with Crippen LogP contribution in [0.15, 0.2) is 11.1 Å². The molecule has 0 amide bonds. The lowest BCUT2D eigenvalue weighted by Gasteiger charge is -2.48. The molecule has 0 unspecified atom stereocenters. The summed E-state index contributed by atoms with van der Waals surface area (Å²) in [5.74, 6) is 4.07. The van der Waals surface area contributed by atoms with Gasteiger partial charge in [-0.15, -0.1) is 0 Å². The van der Waals surface area contributed by atoms with E-state index >= 15 is 0 Å². The van der Waals surface area contributed by atoms with Crippen LogP contribution in [0.5, 0.6) is 0 Å². The van der Waals surface area contributed by atoms with Crippen molar-refractivity contribution in [1.29, 1.82) is 0 Å². The van der Waals surface area contributed by atoms with Crippen LogP contribution in [0.4, 0.5) is 0 Å². The van der Waals surface area contributed by atoms with Gasteiger partial charge in [0.15, 0.2) is 0 Å². The summed E-state index contributed by atoms with van der Waals surface area (Å²) in [6, 6.07) is 0. The molecule has 0 aromatic rings. The van der Waals surface area contributed by atoms with Crippen molar-refractivity contribution in [2.75, 3.05) is 0 Å². The van der Waals surface area contributed by atoms with Crippen LogP contribution in [0.3, 0.4) is 0 Å². The molecule has 4 bridgehead atoms. The van der Waals surface area contributed by atoms with Gasteiger partial charge in [-0.3, -0.25) is 0 Å². The van der Waals surface area contributed by atoms with E-state index in [1.165, 1.54) is 24.8 Å². The second-order valence-corrected chi connectivity index (χ2v) is 10.4. The predicted octanol–water partition coefficient (Wildman–Crippen LogP) is 5.05. The van der Waals surface area contributed by atoms with Gasteiger partial charge < -0.3 is 5.11 Å². The first-order valence-electron chi connectivity index (χ1n) is 9.46. The first-order valence-corrected chi connectivity index (χ1v) is 9.46. The second kappa shape index (κ2) is 4.02. The quantitative estimate of drug-likeness (QED) is 0.621. The summed E-state index contributed by atoms with van der Waals surface area (Å²) >= 11 is 0. The van der Waals surface area contributed by atoms with Gasteiger partial charge >= 0.3 is 0 Å². The van der Waals surface area contributed by atoms with E-state index in [0.717, 1.165) is 17.8 Å². The minimum atomic E-state index is -0.538. The van der Waals surface area contributed by atoms with Gasteiger partial charge in [-0.05, 0) is 78.1 Å². The van der Waals surface area contributed by atoms with E-state index in [0.29, 0.717) is 28.6 Å². The van der Waals surface area contributed by atoms with Crippen LogP contribution < -0.4 is 0 Å². The zero-order valence-corrected chi connectivity index (χ0v) is 15.5. The highest BCUT2D eigenvalue weighted by Gasteiger charge is 2.65. The highest BCUT2D eigenvalue weighted by molar-refractivity contribution is 5.41. The number of hydrogen-bond acceptors (Lipinski definition) is 1.